The van der Waals surface area contributed by atoms with Crippen LogP contribution in [-0.2, 0) is 11.3 Å². The Morgan fingerprint density at radius 1 is 1.13 bits per heavy atom. The van der Waals surface area contributed by atoms with Crippen molar-refractivity contribution in [3.63, 3.8) is 0 Å². The van der Waals surface area contributed by atoms with Crippen LogP contribution in [0.5, 0.6) is 11.5 Å². The maximum Gasteiger partial charge on any atom is 0.243 e. The number of aliphatic imine (C=N–C) groups is 1. The summed E-state index contributed by atoms with van der Waals surface area (Å²) in [4.78, 5) is 16.8. The molecular formula is C23H32N4O3. The standard InChI is InChI=1S/C23H32N4O3/c1-5-17(4)30-21-13-16(3)7-8-18(21)14-25-23(24-6-2)26-15-22(29)27-19-9-11-20(28)12-10-19/h7-13,17,28H,5-6,14-15H2,1-4H3,(H,27,29)(H2,24,25,26). The molecule has 162 valence electrons. The van der Waals surface area contributed by atoms with Crippen molar-refractivity contribution in [2.24, 2.45) is 4.99 Å². The summed E-state index contributed by atoms with van der Waals surface area (Å²) in [6.45, 7) is 9.32. The maximum absolute atomic E-state index is 12.2. The Bertz CT molecular complexity index is 850. The molecule has 0 bridgehead atoms. The smallest absolute Gasteiger partial charge is 0.243 e. The Morgan fingerprint density at radius 3 is 2.53 bits per heavy atom. The molecule has 1 atom stereocenters. The average Bonchev–Trinajstić information content (AvgIpc) is 2.72. The van der Waals surface area contributed by atoms with E-state index in [2.05, 4.69) is 27.9 Å². The number of aromatic hydroxyl groups is 1. The van der Waals surface area contributed by atoms with E-state index < -0.39 is 0 Å². The first-order valence-corrected chi connectivity index (χ1v) is 10.3. The molecule has 1 amide bonds. The molecule has 0 spiro atoms. The molecule has 7 nitrogen and oxygen atoms in total. The molecule has 2 aromatic carbocycles. The summed E-state index contributed by atoms with van der Waals surface area (Å²) >= 11 is 0. The molecule has 0 saturated carbocycles. The fraction of sp³-hybridized carbons (Fsp3) is 0.391. The lowest BCUT2D eigenvalue weighted by Crippen LogP contribution is -2.41. The van der Waals surface area contributed by atoms with Crippen LogP contribution in [0.25, 0.3) is 0 Å². The van der Waals surface area contributed by atoms with Gasteiger partial charge in [0.2, 0.25) is 5.91 Å². The molecule has 0 aliphatic heterocycles. The third-order valence-electron chi connectivity index (χ3n) is 4.44. The number of phenols is 1. The van der Waals surface area contributed by atoms with Gasteiger partial charge in [0.25, 0.3) is 0 Å². The molecule has 30 heavy (non-hydrogen) atoms. The van der Waals surface area contributed by atoms with Crippen LogP contribution in [0.4, 0.5) is 5.69 Å². The van der Waals surface area contributed by atoms with E-state index in [0.717, 1.165) is 23.3 Å². The predicted octanol–water partition coefficient (Wildman–Crippen LogP) is 3.57. The van der Waals surface area contributed by atoms with E-state index in [9.17, 15) is 9.90 Å². The van der Waals surface area contributed by atoms with Crippen molar-refractivity contribution in [2.75, 3.05) is 18.4 Å². The molecule has 0 heterocycles. The Morgan fingerprint density at radius 2 is 1.87 bits per heavy atom. The monoisotopic (exact) mass is 412 g/mol. The molecule has 0 fully saturated rings. The van der Waals surface area contributed by atoms with Crippen molar-refractivity contribution in [1.29, 1.82) is 0 Å². The Kier molecular flexibility index (Phi) is 9.00. The van der Waals surface area contributed by atoms with E-state index >= 15 is 0 Å². The normalized spacial score (nSPS) is 12.2. The summed E-state index contributed by atoms with van der Waals surface area (Å²) in [5.41, 5.74) is 2.75. The lowest BCUT2D eigenvalue weighted by Gasteiger charge is -2.17. The van der Waals surface area contributed by atoms with Crippen LogP contribution in [0.2, 0.25) is 0 Å². The summed E-state index contributed by atoms with van der Waals surface area (Å²) in [5, 5.41) is 18.3. The van der Waals surface area contributed by atoms with Crippen molar-refractivity contribution in [1.82, 2.24) is 10.6 Å². The zero-order valence-corrected chi connectivity index (χ0v) is 18.2. The van der Waals surface area contributed by atoms with Gasteiger partial charge in [-0.3, -0.25) is 4.79 Å². The fourth-order valence-electron chi connectivity index (χ4n) is 2.62. The average molecular weight is 413 g/mol. The van der Waals surface area contributed by atoms with Crippen LogP contribution in [0.1, 0.15) is 38.3 Å². The molecular weight excluding hydrogens is 380 g/mol. The highest BCUT2D eigenvalue weighted by atomic mass is 16.5. The van der Waals surface area contributed by atoms with Crippen LogP contribution in [0.15, 0.2) is 47.5 Å². The molecule has 1 unspecified atom stereocenters. The quantitative estimate of drug-likeness (QED) is 0.287. The van der Waals surface area contributed by atoms with Gasteiger partial charge in [-0.25, -0.2) is 4.99 Å². The fourth-order valence-corrected chi connectivity index (χ4v) is 2.62. The predicted molar refractivity (Wildman–Crippen MR) is 121 cm³/mol. The van der Waals surface area contributed by atoms with E-state index in [1.165, 1.54) is 12.1 Å². The molecule has 0 aliphatic carbocycles. The first-order valence-electron chi connectivity index (χ1n) is 10.3. The lowest BCUT2D eigenvalue weighted by molar-refractivity contribution is -0.115. The van der Waals surface area contributed by atoms with Crippen molar-refractivity contribution in [3.8, 4) is 11.5 Å². The first-order chi connectivity index (χ1) is 14.4. The maximum atomic E-state index is 12.2. The van der Waals surface area contributed by atoms with E-state index in [0.29, 0.717) is 24.7 Å². The number of benzene rings is 2. The topological polar surface area (TPSA) is 95.0 Å². The Labute approximate surface area is 178 Å². The number of guanidine groups is 1. The molecule has 4 N–H and O–H groups in total. The number of nitrogens with one attached hydrogen (secondary N) is 3. The van der Waals surface area contributed by atoms with Crippen molar-refractivity contribution in [2.45, 2.75) is 46.8 Å². The van der Waals surface area contributed by atoms with E-state index in [1.54, 1.807) is 12.1 Å². The van der Waals surface area contributed by atoms with Gasteiger partial charge < -0.3 is 25.8 Å². The van der Waals surface area contributed by atoms with Gasteiger partial charge in [0.15, 0.2) is 5.96 Å². The van der Waals surface area contributed by atoms with Crippen LogP contribution in [-0.4, -0.2) is 36.2 Å². The SMILES string of the molecule is CCNC(=NCc1ccc(C)cc1OC(C)CC)NCC(=O)Nc1ccc(O)cc1. The van der Waals surface area contributed by atoms with Gasteiger partial charge in [-0.1, -0.05) is 19.1 Å². The Balaban J connectivity index is 2.00. The molecule has 0 saturated heterocycles. The number of aryl methyl sites for hydroxylation is 1. The van der Waals surface area contributed by atoms with Gasteiger partial charge in [-0.15, -0.1) is 0 Å². The minimum Gasteiger partial charge on any atom is -0.508 e. The molecule has 2 aromatic rings. The summed E-state index contributed by atoms with van der Waals surface area (Å²) < 4.78 is 6.05. The number of amides is 1. The molecule has 0 radical (unpaired) electrons. The van der Waals surface area contributed by atoms with Crippen molar-refractivity contribution in [3.05, 3.63) is 53.6 Å². The molecule has 7 heteroatoms. The van der Waals surface area contributed by atoms with Gasteiger partial charge in [0.05, 0.1) is 19.2 Å². The second kappa shape index (κ2) is 11.7. The zero-order valence-electron chi connectivity index (χ0n) is 18.2. The summed E-state index contributed by atoms with van der Waals surface area (Å²) in [6.07, 6.45) is 1.06. The van der Waals surface area contributed by atoms with Gasteiger partial charge in [0.1, 0.15) is 11.5 Å². The van der Waals surface area contributed by atoms with Crippen LogP contribution in [0.3, 0.4) is 0 Å². The van der Waals surface area contributed by atoms with Crippen LogP contribution in [0, 0.1) is 6.92 Å². The number of nitrogens with zero attached hydrogens (tertiary/aromatic N) is 1. The summed E-state index contributed by atoms with van der Waals surface area (Å²) in [6, 6.07) is 12.4. The second-order valence-corrected chi connectivity index (χ2v) is 7.09. The van der Waals surface area contributed by atoms with Crippen LogP contribution >= 0.6 is 0 Å². The van der Waals surface area contributed by atoms with Gasteiger partial charge in [-0.05, 0) is 63.1 Å². The van der Waals surface area contributed by atoms with E-state index in [-0.39, 0.29) is 24.3 Å². The van der Waals surface area contributed by atoms with Crippen molar-refractivity contribution < 1.29 is 14.6 Å². The molecule has 0 aromatic heterocycles. The van der Waals surface area contributed by atoms with Gasteiger partial charge >= 0.3 is 0 Å². The number of anilines is 1. The largest absolute Gasteiger partial charge is 0.508 e. The highest BCUT2D eigenvalue weighted by molar-refractivity contribution is 5.95. The third-order valence-corrected chi connectivity index (χ3v) is 4.44. The first kappa shape index (κ1) is 23.1. The van der Waals surface area contributed by atoms with Gasteiger partial charge in [-0.2, -0.15) is 0 Å². The number of rotatable bonds is 9. The van der Waals surface area contributed by atoms with E-state index in [4.69, 9.17) is 4.74 Å². The Hall–Kier alpha value is -3.22. The lowest BCUT2D eigenvalue weighted by atomic mass is 10.1. The van der Waals surface area contributed by atoms with E-state index in [1.807, 2.05) is 39.0 Å². The highest BCUT2D eigenvalue weighted by Gasteiger charge is 2.09. The zero-order chi connectivity index (χ0) is 21.9. The number of hydrogen-bond acceptors (Lipinski definition) is 4. The number of carbonyl (C=O) groups is 1. The number of hydrogen-bond donors (Lipinski definition) is 4. The molecule has 0 aliphatic rings. The van der Waals surface area contributed by atoms with Crippen molar-refractivity contribution >= 4 is 17.6 Å². The molecule has 2 rings (SSSR count). The minimum absolute atomic E-state index is 0.0663. The van der Waals surface area contributed by atoms with Gasteiger partial charge in [0, 0.05) is 17.8 Å². The van der Waals surface area contributed by atoms with Crippen LogP contribution < -0.4 is 20.7 Å². The number of ether oxygens (including phenoxy) is 1. The highest BCUT2D eigenvalue weighted by Crippen LogP contribution is 2.23. The summed E-state index contributed by atoms with van der Waals surface area (Å²) in [7, 11) is 0. The third kappa shape index (κ3) is 7.66. The minimum atomic E-state index is -0.206. The number of carbonyl (C=O) groups excluding carboxylic acids is 1. The number of phenolic OH excluding ortho intramolecular Hbond substituents is 1. The second-order valence-electron chi connectivity index (χ2n) is 7.09. The summed E-state index contributed by atoms with van der Waals surface area (Å²) in [5.74, 6) is 1.34.